The van der Waals surface area contributed by atoms with Crippen molar-refractivity contribution in [1.82, 2.24) is 14.5 Å². The monoisotopic (exact) mass is 496 g/mol. The Morgan fingerprint density at radius 1 is 1.20 bits per heavy atom. The van der Waals surface area contributed by atoms with E-state index in [0.29, 0.717) is 48.5 Å². The zero-order valence-corrected chi connectivity index (χ0v) is 21.7. The van der Waals surface area contributed by atoms with Crippen LogP contribution in [0.2, 0.25) is 5.02 Å². The molecule has 186 valence electrons. The van der Waals surface area contributed by atoms with E-state index in [1.807, 2.05) is 76.2 Å². The van der Waals surface area contributed by atoms with E-state index >= 15 is 0 Å². The largest absolute Gasteiger partial charge is 0.378 e. The van der Waals surface area contributed by atoms with Crippen LogP contribution in [0, 0.1) is 6.92 Å². The normalized spacial score (nSPS) is 17.6. The summed E-state index contributed by atoms with van der Waals surface area (Å²) in [4.78, 5) is 27.1. The molecule has 2 aromatic heterocycles. The van der Waals surface area contributed by atoms with Gasteiger partial charge in [0.15, 0.2) is 0 Å². The van der Waals surface area contributed by atoms with Crippen LogP contribution in [0.5, 0.6) is 0 Å². The molecule has 0 unspecified atom stereocenters. The number of rotatable bonds is 8. The first-order chi connectivity index (χ1) is 16.8. The second-order valence-electron chi connectivity index (χ2n) is 8.84. The van der Waals surface area contributed by atoms with Crippen molar-refractivity contribution in [3.05, 3.63) is 63.7 Å². The molecule has 2 atom stereocenters. The van der Waals surface area contributed by atoms with Crippen LogP contribution < -0.4 is 20.7 Å². The van der Waals surface area contributed by atoms with Gasteiger partial charge in [-0.2, -0.15) is 0 Å². The predicted octanol–water partition coefficient (Wildman–Crippen LogP) is 4.06. The van der Waals surface area contributed by atoms with Gasteiger partial charge in [-0.1, -0.05) is 17.7 Å². The van der Waals surface area contributed by atoms with Gasteiger partial charge in [-0.25, -0.2) is 9.97 Å². The Morgan fingerprint density at radius 2 is 2.00 bits per heavy atom. The van der Waals surface area contributed by atoms with Crippen LogP contribution in [-0.4, -0.2) is 60.5 Å². The minimum atomic E-state index is -0.116. The number of aromatic nitrogens is 3. The van der Waals surface area contributed by atoms with Crippen molar-refractivity contribution in [2.24, 2.45) is 0 Å². The SMILES string of the molecule is CCO[C@@H]1CN(c2ccccn2)C[C@H]1Nc1c(C)nc(-c2ccc(N(C)C)cc2Cl)n(CC)c1=O. The number of hydrogen-bond donors (Lipinski definition) is 1. The quantitative estimate of drug-likeness (QED) is 0.504. The Kier molecular flexibility index (Phi) is 7.62. The average molecular weight is 497 g/mol. The minimum Gasteiger partial charge on any atom is -0.378 e. The Bertz CT molecular complexity index is 1230. The lowest BCUT2D eigenvalue weighted by Gasteiger charge is -2.23. The maximum atomic E-state index is 13.6. The van der Waals surface area contributed by atoms with E-state index in [4.69, 9.17) is 21.3 Å². The van der Waals surface area contributed by atoms with Crippen LogP contribution in [0.25, 0.3) is 11.4 Å². The Hall–Kier alpha value is -3.10. The van der Waals surface area contributed by atoms with Crippen LogP contribution in [0.3, 0.4) is 0 Å². The molecule has 35 heavy (non-hydrogen) atoms. The van der Waals surface area contributed by atoms with Crippen molar-refractivity contribution in [3.8, 4) is 11.4 Å². The molecule has 1 N–H and O–H groups in total. The summed E-state index contributed by atoms with van der Waals surface area (Å²) >= 11 is 6.62. The van der Waals surface area contributed by atoms with Crippen LogP contribution in [0.15, 0.2) is 47.4 Å². The highest BCUT2D eigenvalue weighted by molar-refractivity contribution is 6.33. The van der Waals surface area contributed by atoms with Gasteiger partial charge in [-0.3, -0.25) is 9.36 Å². The molecule has 4 rings (SSSR count). The molecular weight excluding hydrogens is 464 g/mol. The second-order valence-corrected chi connectivity index (χ2v) is 9.25. The zero-order chi connectivity index (χ0) is 25.1. The third-order valence-electron chi connectivity index (χ3n) is 6.33. The van der Waals surface area contributed by atoms with E-state index in [1.165, 1.54) is 0 Å². The van der Waals surface area contributed by atoms with Gasteiger partial charge in [0.1, 0.15) is 17.3 Å². The second kappa shape index (κ2) is 10.7. The van der Waals surface area contributed by atoms with Gasteiger partial charge in [-0.15, -0.1) is 0 Å². The summed E-state index contributed by atoms with van der Waals surface area (Å²) in [5, 5.41) is 4.03. The van der Waals surface area contributed by atoms with Gasteiger partial charge in [0.25, 0.3) is 5.56 Å². The highest BCUT2D eigenvalue weighted by Gasteiger charge is 2.35. The summed E-state index contributed by atoms with van der Waals surface area (Å²) in [6.45, 7) is 8.22. The molecule has 9 heteroatoms. The molecule has 3 heterocycles. The number of benzene rings is 1. The van der Waals surface area contributed by atoms with Crippen LogP contribution in [0.1, 0.15) is 19.5 Å². The lowest BCUT2D eigenvalue weighted by atomic mass is 10.1. The molecule has 1 aliphatic rings. The van der Waals surface area contributed by atoms with E-state index < -0.39 is 0 Å². The first-order valence-electron chi connectivity index (χ1n) is 12.0. The van der Waals surface area contributed by atoms with Gasteiger partial charge in [0, 0.05) is 57.8 Å². The molecule has 0 saturated carbocycles. The summed E-state index contributed by atoms with van der Waals surface area (Å²) in [6.07, 6.45) is 1.71. The minimum absolute atomic E-state index is 0.0794. The van der Waals surface area contributed by atoms with Crippen molar-refractivity contribution < 1.29 is 4.74 Å². The molecule has 0 spiro atoms. The lowest BCUT2D eigenvalue weighted by molar-refractivity contribution is 0.0720. The summed E-state index contributed by atoms with van der Waals surface area (Å²) in [5.74, 6) is 1.47. The highest BCUT2D eigenvalue weighted by atomic mass is 35.5. The van der Waals surface area contributed by atoms with Crippen molar-refractivity contribution in [1.29, 1.82) is 0 Å². The number of hydrogen-bond acceptors (Lipinski definition) is 7. The highest BCUT2D eigenvalue weighted by Crippen LogP contribution is 2.31. The zero-order valence-electron chi connectivity index (χ0n) is 21.0. The van der Waals surface area contributed by atoms with Crippen molar-refractivity contribution in [2.75, 3.05) is 48.9 Å². The molecule has 0 aliphatic carbocycles. The summed E-state index contributed by atoms with van der Waals surface area (Å²) in [7, 11) is 3.92. The molecule has 0 bridgehead atoms. The topological polar surface area (TPSA) is 75.5 Å². The average Bonchev–Trinajstić information content (AvgIpc) is 3.24. The first-order valence-corrected chi connectivity index (χ1v) is 12.3. The number of halogens is 1. The third-order valence-corrected chi connectivity index (χ3v) is 6.64. The molecular formula is C26H33ClN6O2. The van der Waals surface area contributed by atoms with Crippen molar-refractivity contribution in [3.63, 3.8) is 0 Å². The maximum Gasteiger partial charge on any atom is 0.277 e. The third kappa shape index (κ3) is 5.13. The maximum absolute atomic E-state index is 13.6. The number of nitrogens with zero attached hydrogens (tertiary/aromatic N) is 5. The first kappa shape index (κ1) is 25.0. The Labute approximate surface area is 211 Å². The number of nitrogens with one attached hydrogen (secondary N) is 1. The Balaban J connectivity index is 1.68. The van der Waals surface area contributed by atoms with E-state index in [0.717, 1.165) is 17.1 Å². The predicted molar refractivity (Wildman–Crippen MR) is 143 cm³/mol. The van der Waals surface area contributed by atoms with Crippen LogP contribution >= 0.6 is 11.6 Å². The van der Waals surface area contributed by atoms with Crippen molar-refractivity contribution in [2.45, 2.75) is 39.5 Å². The summed E-state index contributed by atoms with van der Waals surface area (Å²) in [5.41, 5.74) is 2.73. The van der Waals surface area contributed by atoms with Gasteiger partial charge in [-0.05, 0) is 51.1 Å². The van der Waals surface area contributed by atoms with Gasteiger partial charge in [0.05, 0.1) is 22.9 Å². The lowest BCUT2D eigenvalue weighted by Crippen LogP contribution is -2.38. The molecule has 1 saturated heterocycles. The van der Waals surface area contributed by atoms with Crippen LogP contribution in [-0.2, 0) is 11.3 Å². The fourth-order valence-corrected chi connectivity index (χ4v) is 4.76. The molecule has 1 aromatic carbocycles. The summed E-state index contributed by atoms with van der Waals surface area (Å²) in [6, 6.07) is 11.6. The van der Waals surface area contributed by atoms with E-state index in [2.05, 4.69) is 15.2 Å². The Morgan fingerprint density at radius 3 is 2.63 bits per heavy atom. The molecule has 0 radical (unpaired) electrons. The van der Waals surface area contributed by atoms with Gasteiger partial charge >= 0.3 is 0 Å². The van der Waals surface area contributed by atoms with Gasteiger partial charge < -0.3 is 19.9 Å². The number of ether oxygens (including phenoxy) is 1. The van der Waals surface area contributed by atoms with E-state index in [9.17, 15) is 4.79 Å². The van der Waals surface area contributed by atoms with E-state index in [-0.39, 0.29) is 17.7 Å². The molecule has 1 fully saturated rings. The fourth-order valence-electron chi connectivity index (χ4n) is 4.50. The molecule has 1 aliphatic heterocycles. The van der Waals surface area contributed by atoms with Gasteiger partial charge in [0.2, 0.25) is 0 Å². The summed E-state index contributed by atoms with van der Waals surface area (Å²) < 4.78 is 7.71. The standard InChI is InChI=1S/C26H33ClN6O2/c1-6-33-25(19-12-11-18(31(4)5)14-20(19)27)29-17(3)24(26(33)34)30-21-15-32(16-22(21)35-7-2)23-10-8-9-13-28-23/h8-14,21-22,30H,6-7,15-16H2,1-5H3/t21-,22-/m1/s1. The number of anilines is 3. The molecule has 3 aromatic rings. The smallest absolute Gasteiger partial charge is 0.277 e. The molecule has 8 nitrogen and oxygen atoms in total. The van der Waals surface area contributed by atoms with E-state index in [1.54, 1.807) is 10.8 Å². The number of aryl methyl sites for hydroxylation is 1. The number of pyridine rings is 1. The fraction of sp³-hybridized carbons (Fsp3) is 0.423. The van der Waals surface area contributed by atoms with Crippen molar-refractivity contribution >= 4 is 28.8 Å². The molecule has 0 amide bonds. The van der Waals surface area contributed by atoms with Crippen LogP contribution in [0.4, 0.5) is 17.2 Å².